The second-order valence-electron chi connectivity index (χ2n) is 14.4. The summed E-state index contributed by atoms with van der Waals surface area (Å²) in [6, 6.07) is 0. The second kappa shape index (κ2) is 40.8. The minimum absolute atomic E-state index is 0.0296. The fraction of sp³-hybridized carbons (Fsp3) is 0.609. The van der Waals surface area contributed by atoms with Gasteiger partial charge in [-0.15, -0.1) is 0 Å². The van der Waals surface area contributed by atoms with Gasteiger partial charge >= 0.3 is 27.6 Å². The summed E-state index contributed by atoms with van der Waals surface area (Å²) in [5, 5.41) is 19.8. The molecular weight excluding hydrogens is 838 g/mol. The zero-order valence-corrected chi connectivity index (χ0v) is 38.8. The minimum atomic E-state index is -4.89. The predicted octanol–water partition coefficient (Wildman–Crippen LogP) is 10.3. The van der Waals surface area contributed by atoms with E-state index in [4.69, 9.17) is 23.8 Å². The highest BCUT2D eigenvalue weighted by molar-refractivity contribution is 7.47. The number of phosphoric acid groups is 2. The molecule has 0 saturated carbocycles. The number of hydrogen-bond acceptors (Lipinski definition) is 11. The molecule has 0 aliphatic rings. The van der Waals surface area contributed by atoms with Gasteiger partial charge in [-0.05, 0) is 77.0 Å². The van der Waals surface area contributed by atoms with Crippen LogP contribution in [0.1, 0.15) is 136 Å². The average molecular weight is 915 g/mol. The maximum absolute atomic E-state index is 12.6. The van der Waals surface area contributed by atoms with Crippen molar-refractivity contribution in [2.75, 3.05) is 26.4 Å². The van der Waals surface area contributed by atoms with Crippen LogP contribution in [-0.4, -0.2) is 81.6 Å². The average Bonchev–Trinajstić information content (AvgIpc) is 3.23. The Morgan fingerprint density at radius 2 is 1.06 bits per heavy atom. The first-order valence-electron chi connectivity index (χ1n) is 22.0. The number of esters is 2. The fourth-order valence-electron chi connectivity index (χ4n) is 5.19. The fourth-order valence-corrected chi connectivity index (χ4v) is 6.34. The maximum Gasteiger partial charge on any atom is 0.472 e. The van der Waals surface area contributed by atoms with Gasteiger partial charge in [-0.25, -0.2) is 9.13 Å². The van der Waals surface area contributed by atoms with Crippen LogP contribution < -0.4 is 0 Å². The Hall–Kier alpha value is -3.00. The molecule has 354 valence electrons. The minimum Gasteiger partial charge on any atom is -0.462 e. The zero-order chi connectivity index (χ0) is 46.0. The Kier molecular flexibility index (Phi) is 38.8. The van der Waals surface area contributed by atoms with E-state index in [-0.39, 0.29) is 12.8 Å². The molecule has 16 heteroatoms. The largest absolute Gasteiger partial charge is 0.472 e. The molecule has 5 N–H and O–H groups in total. The topological polar surface area (TPSA) is 216 Å². The molecule has 0 heterocycles. The number of hydrogen-bond donors (Lipinski definition) is 5. The summed E-state index contributed by atoms with van der Waals surface area (Å²) in [5.74, 6) is -1.21. The molecule has 0 aromatic carbocycles. The quantitative estimate of drug-likeness (QED) is 0.0127. The van der Waals surface area contributed by atoms with Crippen LogP contribution in [0.15, 0.2) is 97.2 Å². The van der Waals surface area contributed by atoms with Gasteiger partial charge in [0.05, 0.1) is 25.9 Å². The van der Waals surface area contributed by atoms with Gasteiger partial charge in [0.1, 0.15) is 12.7 Å². The molecule has 0 fully saturated rings. The van der Waals surface area contributed by atoms with Crippen molar-refractivity contribution in [3.63, 3.8) is 0 Å². The van der Waals surface area contributed by atoms with E-state index >= 15 is 0 Å². The van der Waals surface area contributed by atoms with Crippen molar-refractivity contribution in [3.05, 3.63) is 97.2 Å². The lowest BCUT2D eigenvalue weighted by molar-refractivity contribution is -0.161. The van der Waals surface area contributed by atoms with Crippen molar-refractivity contribution in [3.8, 4) is 0 Å². The van der Waals surface area contributed by atoms with Crippen LogP contribution in [0, 0.1) is 0 Å². The number of carbonyl (C=O) groups is 2. The molecule has 0 spiro atoms. The van der Waals surface area contributed by atoms with Crippen molar-refractivity contribution in [2.45, 2.75) is 154 Å². The van der Waals surface area contributed by atoms with Crippen LogP contribution in [0.3, 0.4) is 0 Å². The third kappa shape index (κ3) is 43.6. The normalized spacial score (nSPS) is 15.4. The molecule has 0 aliphatic heterocycles. The van der Waals surface area contributed by atoms with Crippen LogP contribution in [0.2, 0.25) is 0 Å². The monoisotopic (exact) mass is 914 g/mol. The van der Waals surface area contributed by atoms with Gasteiger partial charge in [0.15, 0.2) is 6.10 Å². The molecule has 4 atom stereocenters. The van der Waals surface area contributed by atoms with Crippen LogP contribution in [0.5, 0.6) is 0 Å². The molecule has 0 radical (unpaired) electrons. The summed E-state index contributed by atoms with van der Waals surface area (Å²) < 4.78 is 47.6. The molecule has 0 amide bonds. The van der Waals surface area contributed by atoms with Gasteiger partial charge in [-0.3, -0.25) is 23.2 Å². The molecule has 2 unspecified atom stereocenters. The number of aliphatic hydroxyl groups excluding tert-OH is 2. The molecule has 0 saturated heterocycles. The van der Waals surface area contributed by atoms with Gasteiger partial charge < -0.3 is 34.4 Å². The molecule has 14 nitrogen and oxygen atoms in total. The van der Waals surface area contributed by atoms with Gasteiger partial charge in [-0.1, -0.05) is 143 Å². The van der Waals surface area contributed by atoms with Crippen LogP contribution in [-0.2, 0) is 41.8 Å². The smallest absolute Gasteiger partial charge is 0.462 e. The van der Waals surface area contributed by atoms with Crippen molar-refractivity contribution in [1.82, 2.24) is 0 Å². The Morgan fingerprint density at radius 1 is 0.548 bits per heavy atom. The van der Waals surface area contributed by atoms with Crippen molar-refractivity contribution in [1.29, 1.82) is 0 Å². The van der Waals surface area contributed by atoms with E-state index in [1.54, 1.807) is 12.2 Å². The number of ether oxygens (including phenoxy) is 2. The van der Waals surface area contributed by atoms with Gasteiger partial charge in [0.2, 0.25) is 0 Å². The van der Waals surface area contributed by atoms with E-state index in [0.29, 0.717) is 38.5 Å². The molecule has 0 rings (SSSR count). The van der Waals surface area contributed by atoms with Crippen molar-refractivity contribution in [2.24, 2.45) is 0 Å². The molecular formula is C46H76O14P2. The lowest BCUT2D eigenvalue weighted by Crippen LogP contribution is -2.29. The summed E-state index contributed by atoms with van der Waals surface area (Å²) in [5.41, 5.74) is 0. The first kappa shape index (κ1) is 59.0. The molecule has 62 heavy (non-hydrogen) atoms. The van der Waals surface area contributed by atoms with Crippen LogP contribution in [0.4, 0.5) is 0 Å². The van der Waals surface area contributed by atoms with Crippen LogP contribution >= 0.6 is 15.6 Å². The van der Waals surface area contributed by atoms with Crippen molar-refractivity contribution < 1.29 is 66.7 Å². The molecule has 0 aliphatic carbocycles. The molecule has 0 bridgehead atoms. The third-order valence-electron chi connectivity index (χ3n) is 8.53. The van der Waals surface area contributed by atoms with Gasteiger partial charge in [0.25, 0.3) is 0 Å². The SMILES string of the molecule is CC/C=C\C/C=C\CC(O)/C=C/C=C\C/C=C\CCCC(=O)OC[C@H](COP(=O)(O)OC[C@@H](O)COP(=O)(O)O)OC(=O)CCC/C=C\C/C=C\C/C=C\CCCCCCCC. The third-order valence-corrected chi connectivity index (χ3v) is 9.96. The molecule has 0 aromatic rings. The highest BCUT2D eigenvalue weighted by Gasteiger charge is 2.28. The van der Waals surface area contributed by atoms with Crippen LogP contribution in [0.25, 0.3) is 0 Å². The lowest BCUT2D eigenvalue weighted by Gasteiger charge is -2.20. The predicted molar refractivity (Wildman–Crippen MR) is 245 cm³/mol. The highest BCUT2D eigenvalue weighted by atomic mass is 31.2. The Morgan fingerprint density at radius 3 is 1.69 bits per heavy atom. The van der Waals surface area contributed by atoms with Gasteiger partial charge in [-0.2, -0.15) is 0 Å². The first-order chi connectivity index (χ1) is 29.8. The molecule has 0 aromatic heterocycles. The van der Waals surface area contributed by atoms with E-state index in [1.807, 2.05) is 48.6 Å². The van der Waals surface area contributed by atoms with E-state index < -0.39 is 72.3 Å². The number of allylic oxidation sites excluding steroid dienone is 14. The standard InChI is InChI=1S/C46H76O14P2/c1-3-5-7-9-11-12-13-14-15-16-17-18-19-20-25-29-33-37-46(50)60-44(41-59-62(54,55)58-39-43(48)38-57-61(51,52)53)40-56-45(49)36-32-28-24-22-21-23-27-31-35-42(47)34-30-26-10-8-6-4-2/h6,8,14-15,17-18,20,22-27,30-31,35,42-44,47-48H,3-5,7,9-13,16,19,21,28-29,32-34,36-41H2,1-2H3,(H,54,55)(H2,51,52,53)/b8-6-,15-14-,18-17-,24-22-,25-20-,27-23-,30-26-,35-31+/t42?,43-,44+/m0/s1. The zero-order valence-electron chi connectivity index (χ0n) is 37.0. The number of phosphoric ester groups is 2. The number of aliphatic hydroxyl groups is 2. The van der Waals surface area contributed by atoms with E-state index in [0.717, 1.165) is 32.1 Å². The highest BCUT2D eigenvalue weighted by Crippen LogP contribution is 2.43. The van der Waals surface area contributed by atoms with E-state index in [2.05, 4.69) is 59.4 Å². The first-order valence-corrected chi connectivity index (χ1v) is 25.1. The van der Waals surface area contributed by atoms with E-state index in [9.17, 15) is 33.8 Å². The van der Waals surface area contributed by atoms with Crippen molar-refractivity contribution >= 4 is 27.6 Å². The summed E-state index contributed by atoms with van der Waals surface area (Å²) in [6.07, 6.45) is 44.4. The number of carbonyl (C=O) groups excluding carboxylic acids is 2. The number of unbranched alkanes of at least 4 members (excludes halogenated alkanes) is 8. The lowest BCUT2D eigenvalue weighted by atomic mass is 10.1. The Bertz CT molecular complexity index is 1480. The maximum atomic E-state index is 12.6. The van der Waals surface area contributed by atoms with E-state index in [1.165, 1.54) is 38.5 Å². The number of rotatable bonds is 40. The summed E-state index contributed by atoms with van der Waals surface area (Å²) in [6.45, 7) is 1.41. The Labute approximate surface area is 371 Å². The summed E-state index contributed by atoms with van der Waals surface area (Å²) in [7, 11) is -9.74. The summed E-state index contributed by atoms with van der Waals surface area (Å²) in [4.78, 5) is 52.7. The summed E-state index contributed by atoms with van der Waals surface area (Å²) >= 11 is 0. The van der Waals surface area contributed by atoms with Gasteiger partial charge in [0, 0.05) is 12.8 Å². The second-order valence-corrected chi connectivity index (χ2v) is 17.1. The Balaban J connectivity index is 4.76.